The van der Waals surface area contributed by atoms with Crippen LogP contribution in [-0.2, 0) is 0 Å². The van der Waals surface area contributed by atoms with E-state index in [1.807, 2.05) is 29.3 Å². The van der Waals surface area contributed by atoms with Gasteiger partial charge < -0.3 is 15.3 Å². The summed E-state index contributed by atoms with van der Waals surface area (Å²) in [6.45, 7) is 1.05. The molecule has 4 rings (SSSR count). The lowest BCUT2D eigenvalue weighted by atomic mass is 10.0. The summed E-state index contributed by atoms with van der Waals surface area (Å²) in [5.74, 6) is 0.412. The minimum absolute atomic E-state index is 0.146. The fraction of sp³-hybridized carbons (Fsp3) is 0.217. The van der Waals surface area contributed by atoms with Gasteiger partial charge in [-0.15, -0.1) is 0 Å². The highest BCUT2D eigenvalue weighted by Crippen LogP contribution is 2.31. The molecule has 0 bridgehead atoms. The Labute approximate surface area is 211 Å². The summed E-state index contributed by atoms with van der Waals surface area (Å²) in [5.41, 5.74) is 2.67. The number of rotatable bonds is 4. The summed E-state index contributed by atoms with van der Waals surface area (Å²) >= 11 is 18.7. The highest BCUT2D eigenvalue weighted by Gasteiger charge is 2.26. The van der Waals surface area contributed by atoms with Crippen LogP contribution in [0.15, 0.2) is 53.5 Å². The Kier molecular flexibility index (Phi) is 7.27. The molecule has 0 radical (unpaired) electrons. The van der Waals surface area contributed by atoms with Crippen molar-refractivity contribution < 1.29 is 9.90 Å². The molecule has 1 aliphatic heterocycles. The molecule has 8 nitrogen and oxygen atoms in total. The molecule has 0 saturated carbocycles. The lowest BCUT2D eigenvalue weighted by Gasteiger charge is -2.33. The van der Waals surface area contributed by atoms with Crippen molar-refractivity contribution >= 4 is 46.7 Å². The fourth-order valence-electron chi connectivity index (χ4n) is 3.90. The van der Waals surface area contributed by atoms with Crippen molar-refractivity contribution in [1.82, 2.24) is 20.0 Å². The number of nitriles is 1. The maximum Gasteiger partial charge on any atom is 0.404 e. The molecule has 1 saturated heterocycles. The van der Waals surface area contributed by atoms with E-state index in [9.17, 15) is 10.1 Å². The number of amidine groups is 1. The summed E-state index contributed by atoms with van der Waals surface area (Å²) in [7, 11) is 0. The van der Waals surface area contributed by atoms with Gasteiger partial charge in [-0.1, -0.05) is 46.9 Å². The van der Waals surface area contributed by atoms with Gasteiger partial charge >= 0.3 is 6.09 Å². The van der Waals surface area contributed by atoms with E-state index in [0.29, 0.717) is 58.2 Å². The normalized spacial score (nSPS) is 14.6. The molecule has 1 aromatic heterocycles. The molecule has 0 spiro atoms. The molecule has 2 aromatic carbocycles. The zero-order chi connectivity index (χ0) is 24.2. The first kappa shape index (κ1) is 23.9. The highest BCUT2D eigenvalue weighted by molar-refractivity contribution is 6.35. The van der Waals surface area contributed by atoms with Crippen LogP contribution < -0.4 is 5.32 Å². The van der Waals surface area contributed by atoms with Gasteiger partial charge in [0.05, 0.1) is 16.4 Å². The molecule has 34 heavy (non-hydrogen) atoms. The second-order valence-corrected chi connectivity index (χ2v) is 8.96. The van der Waals surface area contributed by atoms with Crippen LogP contribution in [0.5, 0.6) is 0 Å². The van der Waals surface area contributed by atoms with E-state index in [1.54, 1.807) is 35.0 Å². The highest BCUT2D eigenvalue weighted by atomic mass is 35.5. The number of aromatic nitrogens is 2. The predicted molar refractivity (Wildman–Crippen MR) is 132 cm³/mol. The SMILES string of the molecule is N#CN=C(c1cc(-c2ccc(Cl)cc2)n(-c2ccc(Cl)cc2Cl)n1)N1CCC(NC(=O)O)CC1. The Hall–Kier alpha value is -3.25. The second-order valence-electron chi connectivity index (χ2n) is 7.68. The van der Waals surface area contributed by atoms with Crippen LogP contribution in [0.2, 0.25) is 15.1 Å². The molecular formula is C23H19Cl3N6O2. The standard InChI is InChI=1S/C23H19Cl3N6O2/c24-15-3-1-14(2-4-15)21-12-19(30-32(21)20-6-5-16(25)11-18(20)26)22(28-13-27)31-9-7-17(8-10-31)29-23(33)34/h1-6,11-12,17,29H,7-10H2,(H,33,34). The molecule has 0 aliphatic carbocycles. The number of hydrogen-bond acceptors (Lipinski definition) is 4. The number of hydrogen-bond donors (Lipinski definition) is 2. The molecule has 174 valence electrons. The van der Waals surface area contributed by atoms with Crippen molar-refractivity contribution in [2.75, 3.05) is 13.1 Å². The Bertz CT molecular complexity index is 1270. The van der Waals surface area contributed by atoms with Gasteiger partial charge in [0, 0.05) is 34.7 Å². The summed E-state index contributed by atoms with van der Waals surface area (Å²) in [6, 6.07) is 14.1. The van der Waals surface area contributed by atoms with Crippen LogP contribution >= 0.6 is 34.8 Å². The van der Waals surface area contributed by atoms with E-state index in [2.05, 4.69) is 10.3 Å². The van der Waals surface area contributed by atoms with E-state index < -0.39 is 6.09 Å². The number of carboxylic acid groups (broad SMARTS) is 1. The number of nitrogens with zero attached hydrogens (tertiary/aromatic N) is 5. The zero-order valence-electron chi connectivity index (χ0n) is 17.8. The number of aliphatic imine (C=N–C) groups is 1. The van der Waals surface area contributed by atoms with Crippen molar-refractivity contribution in [2.45, 2.75) is 18.9 Å². The Morgan fingerprint density at radius 1 is 1.09 bits per heavy atom. The molecule has 1 fully saturated rings. The molecule has 1 amide bonds. The second kappa shape index (κ2) is 10.3. The van der Waals surface area contributed by atoms with Crippen molar-refractivity contribution in [3.63, 3.8) is 0 Å². The molecule has 1 aliphatic rings. The molecule has 2 heterocycles. The fourth-order valence-corrected chi connectivity index (χ4v) is 4.52. The zero-order valence-corrected chi connectivity index (χ0v) is 20.0. The number of halogens is 3. The minimum atomic E-state index is -1.05. The maximum absolute atomic E-state index is 11.0. The van der Waals surface area contributed by atoms with Crippen LogP contribution in [0, 0.1) is 11.5 Å². The van der Waals surface area contributed by atoms with Gasteiger partial charge in [0.1, 0.15) is 5.69 Å². The number of amides is 1. The van der Waals surface area contributed by atoms with Crippen molar-refractivity contribution in [2.24, 2.45) is 4.99 Å². The van der Waals surface area contributed by atoms with E-state index in [1.165, 1.54) is 0 Å². The van der Waals surface area contributed by atoms with Crippen LogP contribution in [0.1, 0.15) is 18.5 Å². The van der Waals surface area contributed by atoms with Gasteiger partial charge in [0.15, 0.2) is 5.84 Å². The van der Waals surface area contributed by atoms with Gasteiger partial charge in [-0.3, -0.25) is 0 Å². The summed E-state index contributed by atoms with van der Waals surface area (Å²) < 4.78 is 1.68. The van der Waals surface area contributed by atoms with Gasteiger partial charge in [0.25, 0.3) is 0 Å². The number of carbonyl (C=O) groups is 1. The molecule has 3 aromatic rings. The molecule has 0 unspecified atom stereocenters. The van der Waals surface area contributed by atoms with Crippen molar-refractivity contribution in [3.05, 3.63) is 69.3 Å². The van der Waals surface area contributed by atoms with Crippen LogP contribution in [-0.4, -0.2) is 50.8 Å². The van der Waals surface area contributed by atoms with Crippen molar-refractivity contribution in [1.29, 1.82) is 5.26 Å². The van der Waals surface area contributed by atoms with Crippen LogP contribution in [0.25, 0.3) is 16.9 Å². The first-order valence-corrected chi connectivity index (χ1v) is 11.5. The first-order valence-electron chi connectivity index (χ1n) is 10.4. The van der Waals surface area contributed by atoms with Gasteiger partial charge in [-0.25, -0.2) is 9.48 Å². The third-order valence-electron chi connectivity index (χ3n) is 5.49. The van der Waals surface area contributed by atoms with Gasteiger partial charge in [0.2, 0.25) is 6.19 Å². The monoisotopic (exact) mass is 516 g/mol. The lowest BCUT2D eigenvalue weighted by molar-refractivity contribution is 0.182. The van der Waals surface area contributed by atoms with E-state index >= 15 is 0 Å². The third kappa shape index (κ3) is 5.28. The molecular weight excluding hydrogens is 499 g/mol. The number of piperidine rings is 1. The minimum Gasteiger partial charge on any atom is -0.465 e. The van der Waals surface area contributed by atoms with E-state index in [4.69, 9.17) is 45.0 Å². The summed E-state index contributed by atoms with van der Waals surface area (Å²) in [5, 5.41) is 27.1. The largest absolute Gasteiger partial charge is 0.465 e. The quantitative estimate of drug-likeness (QED) is 0.271. The number of likely N-dealkylation sites (tertiary alicyclic amines) is 1. The third-order valence-corrected chi connectivity index (χ3v) is 6.28. The Morgan fingerprint density at radius 3 is 2.38 bits per heavy atom. The summed E-state index contributed by atoms with van der Waals surface area (Å²) in [4.78, 5) is 16.9. The first-order chi connectivity index (χ1) is 16.4. The van der Waals surface area contributed by atoms with Crippen LogP contribution in [0.3, 0.4) is 0 Å². The molecule has 0 atom stereocenters. The maximum atomic E-state index is 11.0. The number of benzene rings is 2. The average Bonchev–Trinajstić information content (AvgIpc) is 3.23. The number of nitrogens with one attached hydrogen (secondary N) is 1. The van der Waals surface area contributed by atoms with Crippen molar-refractivity contribution in [3.8, 4) is 23.1 Å². The van der Waals surface area contributed by atoms with Gasteiger partial charge in [-0.05, 0) is 49.2 Å². The average molecular weight is 518 g/mol. The van der Waals surface area contributed by atoms with E-state index in [-0.39, 0.29) is 6.04 Å². The summed E-state index contributed by atoms with van der Waals surface area (Å²) in [6.07, 6.45) is 2.00. The Morgan fingerprint density at radius 2 is 1.76 bits per heavy atom. The predicted octanol–water partition coefficient (Wildman–Crippen LogP) is 5.46. The van der Waals surface area contributed by atoms with Gasteiger partial charge in [-0.2, -0.15) is 15.4 Å². The molecule has 11 heteroatoms. The topological polar surface area (TPSA) is 107 Å². The smallest absolute Gasteiger partial charge is 0.404 e. The van der Waals surface area contributed by atoms with E-state index in [0.717, 1.165) is 11.3 Å². The lowest BCUT2D eigenvalue weighted by Crippen LogP contribution is -2.46. The van der Waals surface area contributed by atoms with Crippen LogP contribution in [0.4, 0.5) is 4.79 Å². The molecule has 2 N–H and O–H groups in total. The Balaban J connectivity index is 1.75.